The third kappa shape index (κ3) is 4.66. The summed E-state index contributed by atoms with van der Waals surface area (Å²) in [5, 5.41) is 3.04. The molecule has 1 aliphatic carbocycles. The Morgan fingerprint density at radius 3 is 2.52 bits per heavy atom. The van der Waals surface area contributed by atoms with Crippen LogP contribution >= 0.6 is 0 Å². The van der Waals surface area contributed by atoms with Crippen LogP contribution in [0.15, 0.2) is 45.6 Å². The minimum absolute atomic E-state index is 0.0980. The molecule has 5 nitrogen and oxygen atoms in total. The zero-order chi connectivity index (χ0) is 19.3. The number of carbonyl (C=O) groups is 1. The second kappa shape index (κ2) is 8.53. The number of hydrogen-bond donors (Lipinski definition) is 1. The van der Waals surface area contributed by atoms with Gasteiger partial charge in [0.1, 0.15) is 11.3 Å². The molecule has 1 aromatic carbocycles. The van der Waals surface area contributed by atoms with Gasteiger partial charge in [0.05, 0.1) is 12.1 Å². The second-order valence-electron chi connectivity index (χ2n) is 7.42. The monoisotopic (exact) mass is 369 g/mol. The highest BCUT2D eigenvalue weighted by molar-refractivity contribution is 5.95. The van der Waals surface area contributed by atoms with Crippen molar-refractivity contribution in [3.05, 3.63) is 69.3 Å². The molecule has 1 saturated carbocycles. The number of amides is 1. The molecule has 1 fully saturated rings. The fraction of sp³-hybridized carbons (Fsp3) is 0.455. The van der Waals surface area contributed by atoms with Gasteiger partial charge in [-0.1, -0.05) is 43.2 Å². The molecule has 0 unspecified atom stereocenters. The van der Waals surface area contributed by atoms with Gasteiger partial charge in [0.2, 0.25) is 0 Å². The van der Waals surface area contributed by atoms with Crippen molar-refractivity contribution in [1.29, 1.82) is 0 Å². The third-order valence-electron chi connectivity index (χ3n) is 5.29. The van der Waals surface area contributed by atoms with Gasteiger partial charge in [0.15, 0.2) is 0 Å². The molecule has 0 radical (unpaired) electrons. The maximum absolute atomic E-state index is 12.8. The van der Waals surface area contributed by atoms with Crippen molar-refractivity contribution >= 4 is 5.91 Å². The number of benzene rings is 1. The molecule has 0 spiro atoms. The Hall–Kier alpha value is -2.40. The average molecular weight is 369 g/mol. The van der Waals surface area contributed by atoms with E-state index < -0.39 is 5.63 Å². The van der Waals surface area contributed by atoms with Crippen LogP contribution in [0.3, 0.4) is 0 Å². The molecule has 1 aliphatic rings. The first-order valence-electron chi connectivity index (χ1n) is 9.52. The van der Waals surface area contributed by atoms with Crippen LogP contribution in [0.5, 0.6) is 0 Å². The highest BCUT2D eigenvalue weighted by atomic mass is 16.5. The fourth-order valence-electron chi connectivity index (χ4n) is 3.92. The summed E-state index contributed by atoms with van der Waals surface area (Å²) in [7, 11) is 1.63. The van der Waals surface area contributed by atoms with Gasteiger partial charge in [-0.05, 0) is 43.4 Å². The van der Waals surface area contributed by atoms with E-state index in [2.05, 4.69) is 5.32 Å². The number of ether oxygens (including phenoxy) is 1. The lowest BCUT2D eigenvalue weighted by Crippen LogP contribution is -2.50. The molecule has 5 heteroatoms. The molecular formula is C22H27NO4. The molecule has 1 amide bonds. The SMILES string of the molecule is COCC1(NC(=O)c2c(C)cc(CCc3ccccc3)oc2=O)CCCC1. The summed E-state index contributed by atoms with van der Waals surface area (Å²) in [4.78, 5) is 25.3. The molecule has 0 aliphatic heterocycles. The minimum atomic E-state index is -0.568. The number of hydrogen-bond acceptors (Lipinski definition) is 4. The predicted octanol–water partition coefficient (Wildman–Crippen LogP) is 3.42. The summed E-state index contributed by atoms with van der Waals surface area (Å²) >= 11 is 0. The largest absolute Gasteiger partial charge is 0.427 e. The first-order valence-corrected chi connectivity index (χ1v) is 9.52. The van der Waals surface area contributed by atoms with Gasteiger partial charge in [-0.3, -0.25) is 4.79 Å². The number of rotatable bonds is 7. The van der Waals surface area contributed by atoms with E-state index in [1.165, 1.54) is 5.56 Å². The topological polar surface area (TPSA) is 68.5 Å². The van der Waals surface area contributed by atoms with Crippen LogP contribution in [0.1, 0.15) is 52.9 Å². The van der Waals surface area contributed by atoms with Crippen LogP contribution in [0.25, 0.3) is 0 Å². The molecule has 1 aromatic heterocycles. The minimum Gasteiger partial charge on any atom is -0.427 e. The lowest BCUT2D eigenvalue weighted by Gasteiger charge is -2.29. The lowest BCUT2D eigenvalue weighted by molar-refractivity contribution is 0.0762. The average Bonchev–Trinajstić information content (AvgIpc) is 3.08. The summed E-state index contributed by atoms with van der Waals surface area (Å²) in [6.45, 7) is 2.24. The first kappa shape index (κ1) is 19.4. The van der Waals surface area contributed by atoms with Gasteiger partial charge >= 0.3 is 5.63 Å². The number of methoxy groups -OCH3 is 1. The van der Waals surface area contributed by atoms with Gasteiger partial charge in [-0.15, -0.1) is 0 Å². The van der Waals surface area contributed by atoms with E-state index in [1.807, 2.05) is 30.3 Å². The first-order chi connectivity index (χ1) is 13.0. The van der Waals surface area contributed by atoms with E-state index in [0.29, 0.717) is 24.4 Å². The maximum Gasteiger partial charge on any atom is 0.349 e. The van der Waals surface area contributed by atoms with Crippen LogP contribution in [0, 0.1) is 6.92 Å². The van der Waals surface area contributed by atoms with Gasteiger partial charge in [0, 0.05) is 13.5 Å². The summed E-state index contributed by atoms with van der Waals surface area (Å²) < 4.78 is 10.7. The lowest BCUT2D eigenvalue weighted by atomic mass is 9.97. The van der Waals surface area contributed by atoms with E-state index >= 15 is 0 Å². The number of nitrogens with one attached hydrogen (secondary N) is 1. The summed E-state index contributed by atoms with van der Waals surface area (Å²) in [5.74, 6) is 0.236. The molecule has 27 heavy (non-hydrogen) atoms. The molecule has 1 N–H and O–H groups in total. The van der Waals surface area contributed by atoms with Gasteiger partial charge in [-0.25, -0.2) is 4.79 Å². The standard InChI is InChI=1S/C22H27NO4/c1-16-14-18(11-10-17-8-4-3-5-9-17)27-21(25)19(16)20(24)23-22(15-26-2)12-6-7-13-22/h3-5,8-9,14H,6-7,10-13,15H2,1-2H3,(H,23,24). The van der Waals surface area contributed by atoms with E-state index in [-0.39, 0.29) is 17.0 Å². The van der Waals surface area contributed by atoms with Crippen LogP contribution in [0.4, 0.5) is 0 Å². The highest BCUT2D eigenvalue weighted by Crippen LogP contribution is 2.30. The number of carbonyl (C=O) groups excluding carboxylic acids is 1. The fourth-order valence-corrected chi connectivity index (χ4v) is 3.92. The number of aryl methyl sites for hydroxylation is 3. The Morgan fingerprint density at radius 2 is 1.89 bits per heavy atom. The van der Waals surface area contributed by atoms with E-state index in [1.54, 1.807) is 20.1 Å². The van der Waals surface area contributed by atoms with Crippen LogP contribution in [-0.4, -0.2) is 25.2 Å². The van der Waals surface area contributed by atoms with E-state index in [4.69, 9.17) is 9.15 Å². The molecule has 0 atom stereocenters. The Labute approximate surface area is 159 Å². The Kier molecular flexibility index (Phi) is 6.11. The van der Waals surface area contributed by atoms with Crippen LogP contribution in [0.2, 0.25) is 0 Å². The summed E-state index contributed by atoms with van der Waals surface area (Å²) in [5.41, 5.74) is 0.984. The Balaban J connectivity index is 1.74. The summed E-state index contributed by atoms with van der Waals surface area (Å²) in [6.07, 6.45) is 5.24. The van der Waals surface area contributed by atoms with E-state index in [0.717, 1.165) is 32.1 Å². The van der Waals surface area contributed by atoms with Crippen molar-refractivity contribution in [3.8, 4) is 0 Å². The highest BCUT2D eigenvalue weighted by Gasteiger charge is 2.36. The molecule has 144 valence electrons. The van der Waals surface area contributed by atoms with Crippen molar-refractivity contribution < 1.29 is 13.9 Å². The van der Waals surface area contributed by atoms with Crippen molar-refractivity contribution in [3.63, 3.8) is 0 Å². The molecule has 1 heterocycles. The van der Waals surface area contributed by atoms with Gasteiger partial charge in [0.25, 0.3) is 5.91 Å². The maximum atomic E-state index is 12.8. The van der Waals surface area contributed by atoms with Crippen molar-refractivity contribution in [1.82, 2.24) is 5.32 Å². The van der Waals surface area contributed by atoms with Crippen LogP contribution in [-0.2, 0) is 17.6 Å². The normalized spacial score (nSPS) is 15.6. The summed E-state index contributed by atoms with van der Waals surface area (Å²) in [6, 6.07) is 11.8. The Morgan fingerprint density at radius 1 is 1.19 bits per heavy atom. The Bertz CT molecular complexity index is 835. The van der Waals surface area contributed by atoms with Crippen LogP contribution < -0.4 is 10.9 Å². The predicted molar refractivity (Wildman–Crippen MR) is 104 cm³/mol. The quantitative estimate of drug-likeness (QED) is 0.812. The zero-order valence-corrected chi connectivity index (χ0v) is 16.0. The van der Waals surface area contributed by atoms with Gasteiger partial charge < -0.3 is 14.5 Å². The molecular weight excluding hydrogens is 342 g/mol. The van der Waals surface area contributed by atoms with Crippen molar-refractivity contribution in [2.75, 3.05) is 13.7 Å². The van der Waals surface area contributed by atoms with Crippen molar-refractivity contribution in [2.45, 2.75) is 51.0 Å². The third-order valence-corrected chi connectivity index (χ3v) is 5.29. The smallest absolute Gasteiger partial charge is 0.349 e. The molecule has 2 aromatic rings. The molecule has 3 rings (SSSR count). The van der Waals surface area contributed by atoms with E-state index in [9.17, 15) is 9.59 Å². The van der Waals surface area contributed by atoms with Crippen molar-refractivity contribution in [2.24, 2.45) is 0 Å². The molecule has 0 bridgehead atoms. The second-order valence-corrected chi connectivity index (χ2v) is 7.42. The van der Waals surface area contributed by atoms with Gasteiger partial charge in [-0.2, -0.15) is 0 Å². The zero-order valence-electron chi connectivity index (χ0n) is 16.0. The molecule has 0 saturated heterocycles.